The molecule has 1 atom stereocenters. The predicted molar refractivity (Wildman–Crippen MR) is 136 cm³/mol. The fourth-order valence-corrected chi connectivity index (χ4v) is 6.03. The van der Waals surface area contributed by atoms with Gasteiger partial charge < -0.3 is 18.2 Å². The Hall–Kier alpha value is -2.47. The molecule has 0 saturated carbocycles. The Morgan fingerprint density at radius 3 is 2.43 bits per heavy atom. The molecular formula is C27H35FNO5P. The molecule has 3 aromatic rings. The molecule has 0 aliphatic heterocycles. The van der Waals surface area contributed by atoms with E-state index in [1.165, 1.54) is 6.07 Å². The van der Waals surface area contributed by atoms with Crippen molar-refractivity contribution in [2.45, 2.75) is 52.9 Å². The van der Waals surface area contributed by atoms with Crippen LogP contribution in [-0.4, -0.2) is 31.0 Å². The molecule has 35 heavy (non-hydrogen) atoms. The second-order valence-electron chi connectivity index (χ2n) is 8.26. The first-order valence-corrected chi connectivity index (χ1v) is 13.9. The first-order chi connectivity index (χ1) is 16.9. The quantitative estimate of drug-likeness (QED) is 0.167. The number of halogens is 1. The molecule has 0 fully saturated rings. The summed E-state index contributed by atoms with van der Waals surface area (Å²) in [6, 6.07) is 14.6. The number of aryl methyl sites for hydroxylation is 2. The van der Waals surface area contributed by atoms with Gasteiger partial charge in [0.2, 0.25) is 5.89 Å². The maximum Gasteiger partial charge on any atom is 0.331 e. The van der Waals surface area contributed by atoms with Gasteiger partial charge >= 0.3 is 7.60 Å². The zero-order valence-electron chi connectivity index (χ0n) is 21.0. The van der Waals surface area contributed by atoms with Crippen LogP contribution in [0.5, 0.6) is 5.75 Å². The van der Waals surface area contributed by atoms with Crippen LogP contribution in [0.4, 0.5) is 4.39 Å². The van der Waals surface area contributed by atoms with E-state index in [1.807, 2.05) is 44.2 Å². The molecule has 0 aliphatic carbocycles. The molecule has 0 saturated heterocycles. The largest absolute Gasteiger partial charge is 0.490 e. The topological polar surface area (TPSA) is 70.8 Å². The van der Waals surface area contributed by atoms with E-state index < -0.39 is 13.4 Å². The van der Waals surface area contributed by atoms with Crippen molar-refractivity contribution in [1.29, 1.82) is 0 Å². The molecule has 0 N–H and O–H groups in total. The Morgan fingerprint density at radius 2 is 1.77 bits per heavy atom. The molecule has 3 rings (SSSR count). The molecule has 0 amide bonds. The molecule has 1 heterocycles. The van der Waals surface area contributed by atoms with Crippen LogP contribution in [0, 0.1) is 12.7 Å². The number of benzene rings is 2. The maximum absolute atomic E-state index is 14.5. The van der Waals surface area contributed by atoms with Crippen LogP contribution in [0.1, 0.15) is 56.5 Å². The number of hydrogen-bond acceptors (Lipinski definition) is 6. The molecule has 1 unspecified atom stereocenters. The van der Waals surface area contributed by atoms with E-state index in [-0.39, 0.29) is 17.8 Å². The lowest BCUT2D eigenvalue weighted by atomic mass is 9.98. The lowest BCUT2D eigenvalue weighted by Gasteiger charge is -2.23. The van der Waals surface area contributed by atoms with Crippen molar-refractivity contribution in [3.63, 3.8) is 0 Å². The zero-order valence-corrected chi connectivity index (χ0v) is 21.9. The molecule has 2 aromatic carbocycles. The fraction of sp³-hybridized carbons (Fsp3) is 0.444. The van der Waals surface area contributed by atoms with Gasteiger partial charge in [0.25, 0.3) is 0 Å². The SMILES string of the molecule is CCOP(=O)(CC(CC)c1ccc(F)c(OCCCc2nc(-c3ccccc3)oc2C)c1)OCC. The van der Waals surface area contributed by atoms with Gasteiger partial charge in [0.1, 0.15) is 5.76 Å². The molecule has 0 radical (unpaired) electrons. The summed E-state index contributed by atoms with van der Waals surface area (Å²) in [6.07, 6.45) is 2.27. The average Bonchev–Trinajstić information content (AvgIpc) is 3.22. The van der Waals surface area contributed by atoms with E-state index in [9.17, 15) is 8.96 Å². The van der Waals surface area contributed by atoms with E-state index in [0.29, 0.717) is 45.0 Å². The standard InChI is InChI=1S/C27H35FNO5P/c1-5-21(19-35(30,32-6-2)33-7-3)23-15-16-24(28)26(18-23)31-17-11-14-25-20(4)34-27(29-25)22-12-9-8-10-13-22/h8-10,12-13,15-16,18,21H,5-7,11,14,17,19H2,1-4H3. The van der Waals surface area contributed by atoms with Crippen molar-refractivity contribution in [1.82, 2.24) is 4.98 Å². The molecule has 8 heteroatoms. The molecular weight excluding hydrogens is 468 g/mol. The van der Waals surface area contributed by atoms with Crippen molar-refractivity contribution in [3.8, 4) is 17.2 Å². The lowest BCUT2D eigenvalue weighted by molar-refractivity contribution is 0.218. The van der Waals surface area contributed by atoms with Gasteiger partial charge in [0.05, 0.1) is 31.7 Å². The molecule has 190 valence electrons. The highest BCUT2D eigenvalue weighted by atomic mass is 31.2. The van der Waals surface area contributed by atoms with Gasteiger partial charge in [-0.3, -0.25) is 4.57 Å². The third kappa shape index (κ3) is 7.50. The van der Waals surface area contributed by atoms with Gasteiger partial charge in [-0.1, -0.05) is 31.2 Å². The summed E-state index contributed by atoms with van der Waals surface area (Å²) in [7, 11) is -3.22. The Bertz CT molecular complexity index is 1110. The van der Waals surface area contributed by atoms with Crippen molar-refractivity contribution in [2.75, 3.05) is 26.0 Å². The minimum absolute atomic E-state index is 0.101. The van der Waals surface area contributed by atoms with Crippen LogP contribution in [0.25, 0.3) is 11.5 Å². The highest BCUT2D eigenvalue weighted by Crippen LogP contribution is 2.52. The summed E-state index contributed by atoms with van der Waals surface area (Å²) in [4.78, 5) is 4.61. The number of nitrogens with zero attached hydrogens (tertiary/aromatic N) is 1. The second kappa shape index (κ2) is 13.0. The van der Waals surface area contributed by atoms with Gasteiger partial charge in [-0.2, -0.15) is 0 Å². The summed E-state index contributed by atoms with van der Waals surface area (Å²) in [5, 5.41) is 0. The highest BCUT2D eigenvalue weighted by Gasteiger charge is 2.29. The molecule has 1 aromatic heterocycles. The first kappa shape index (κ1) is 27.1. The van der Waals surface area contributed by atoms with Crippen molar-refractivity contribution in [2.24, 2.45) is 0 Å². The number of ether oxygens (including phenoxy) is 1. The van der Waals surface area contributed by atoms with Crippen LogP contribution in [0.2, 0.25) is 0 Å². The molecule has 0 bridgehead atoms. The third-order valence-corrected chi connectivity index (χ3v) is 7.94. The number of hydrogen-bond donors (Lipinski definition) is 0. The number of rotatable bonds is 14. The maximum atomic E-state index is 14.5. The second-order valence-corrected chi connectivity index (χ2v) is 10.4. The van der Waals surface area contributed by atoms with Crippen molar-refractivity contribution < 1.29 is 27.2 Å². The van der Waals surface area contributed by atoms with E-state index in [4.69, 9.17) is 18.2 Å². The Labute approximate surface area is 207 Å². The molecule has 0 aliphatic rings. The summed E-state index contributed by atoms with van der Waals surface area (Å²) in [5.74, 6) is 1.03. The van der Waals surface area contributed by atoms with Gasteiger partial charge in [-0.15, -0.1) is 0 Å². The monoisotopic (exact) mass is 503 g/mol. The smallest absolute Gasteiger partial charge is 0.331 e. The van der Waals surface area contributed by atoms with Gasteiger partial charge in [0.15, 0.2) is 11.6 Å². The average molecular weight is 504 g/mol. The first-order valence-electron chi connectivity index (χ1n) is 12.2. The van der Waals surface area contributed by atoms with Gasteiger partial charge in [-0.25, -0.2) is 9.37 Å². The fourth-order valence-electron chi connectivity index (χ4n) is 3.95. The van der Waals surface area contributed by atoms with Crippen LogP contribution in [0.15, 0.2) is 52.9 Å². The van der Waals surface area contributed by atoms with Crippen LogP contribution in [-0.2, 0) is 20.0 Å². The highest BCUT2D eigenvalue weighted by molar-refractivity contribution is 7.53. The minimum atomic E-state index is -3.22. The summed E-state index contributed by atoms with van der Waals surface area (Å²) >= 11 is 0. The lowest BCUT2D eigenvalue weighted by Crippen LogP contribution is -2.10. The Balaban J connectivity index is 1.61. The minimum Gasteiger partial charge on any atom is -0.490 e. The normalized spacial score (nSPS) is 12.6. The van der Waals surface area contributed by atoms with Crippen LogP contribution in [0.3, 0.4) is 0 Å². The van der Waals surface area contributed by atoms with Crippen molar-refractivity contribution in [3.05, 3.63) is 71.4 Å². The number of oxazole rings is 1. The van der Waals surface area contributed by atoms with Crippen LogP contribution < -0.4 is 4.74 Å². The Kier molecular flexibility index (Phi) is 10.1. The predicted octanol–water partition coefficient (Wildman–Crippen LogP) is 7.56. The summed E-state index contributed by atoms with van der Waals surface area (Å²) in [6.45, 7) is 8.43. The number of aromatic nitrogens is 1. The van der Waals surface area contributed by atoms with E-state index in [0.717, 1.165) is 22.6 Å². The van der Waals surface area contributed by atoms with Crippen LogP contribution >= 0.6 is 7.60 Å². The summed E-state index contributed by atoms with van der Waals surface area (Å²) in [5.41, 5.74) is 2.65. The third-order valence-electron chi connectivity index (χ3n) is 5.74. The van der Waals surface area contributed by atoms with Gasteiger partial charge in [-0.05, 0) is 75.8 Å². The Morgan fingerprint density at radius 1 is 1.06 bits per heavy atom. The van der Waals surface area contributed by atoms with Crippen molar-refractivity contribution >= 4 is 7.60 Å². The summed E-state index contributed by atoms with van der Waals surface area (Å²) < 4.78 is 50.0. The van der Waals surface area contributed by atoms with E-state index >= 15 is 0 Å². The van der Waals surface area contributed by atoms with E-state index in [1.54, 1.807) is 26.0 Å². The van der Waals surface area contributed by atoms with Gasteiger partial charge in [0, 0.05) is 5.56 Å². The molecule has 6 nitrogen and oxygen atoms in total. The van der Waals surface area contributed by atoms with E-state index in [2.05, 4.69) is 4.98 Å². The molecule has 0 spiro atoms. The zero-order chi connectivity index (χ0) is 25.3.